The largest absolute Gasteiger partial charge is 0.342 e. The van der Waals surface area contributed by atoms with Crippen LogP contribution < -0.4 is 0 Å². The molecule has 1 heterocycles. The van der Waals surface area contributed by atoms with Crippen LogP contribution in [0.25, 0.3) is 0 Å². The Labute approximate surface area is 81.3 Å². The number of hydrogen-bond donors (Lipinski definition) is 0. The normalized spacial score (nSPS) is 23.7. The molecule has 0 bridgehead atoms. The summed E-state index contributed by atoms with van der Waals surface area (Å²) in [7, 11) is 0. The van der Waals surface area contributed by atoms with Crippen molar-refractivity contribution in [1.82, 2.24) is 4.90 Å². The van der Waals surface area contributed by atoms with Crippen molar-refractivity contribution in [3.05, 3.63) is 0 Å². The first-order chi connectivity index (χ1) is 5.88. The van der Waals surface area contributed by atoms with Crippen molar-refractivity contribution in [2.75, 3.05) is 13.1 Å². The van der Waals surface area contributed by atoms with Crippen LogP contribution in [0, 0.1) is 11.3 Å². The van der Waals surface area contributed by atoms with Crippen LogP contribution in [0.2, 0.25) is 0 Å². The molecule has 0 unspecified atom stereocenters. The van der Waals surface area contributed by atoms with Gasteiger partial charge in [0.15, 0.2) is 0 Å². The highest BCUT2D eigenvalue weighted by molar-refractivity contribution is 5.77. The molecule has 0 aromatic rings. The van der Waals surface area contributed by atoms with Crippen molar-refractivity contribution < 1.29 is 4.79 Å². The summed E-state index contributed by atoms with van der Waals surface area (Å²) in [6.07, 6.45) is 1.86. The Morgan fingerprint density at radius 2 is 2.08 bits per heavy atom. The Balaban J connectivity index is 2.41. The van der Waals surface area contributed by atoms with Crippen LogP contribution in [-0.2, 0) is 4.79 Å². The van der Waals surface area contributed by atoms with Crippen LogP contribution in [0.3, 0.4) is 0 Å². The van der Waals surface area contributed by atoms with Crippen LogP contribution in [0.15, 0.2) is 0 Å². The van der Waals surface area contributed by atoms with Crippen LogP contribution >= 0.6 is 0 Å². The maximum absolute atomic E-state index is 11.7. The first-order valence-corrected chi connectivity index (χ1v) is 5.16. The number of rotatable bonds is 1. The minimum Gasteiger partial charge on any atom is -0.342 e. The highest BCUT2D eigenvalue weighted by Crippen LogP contribution is 2.23. The van der Waals surface area contributed by atoms with Crippen molar-refractivity contribution in [2.24, 2.45) is 11.3 Å². The average Bonchev–Trinajstić information content (AvgIpc) is 2.31. The molecular weight excluding hydrogens is 162 g/mol. The van der Waals surface area contributed by atoms with Crippen molar-refractivity contribution >= 4 is 5.91 Å². The molecule has 1 rings (SSSR count). The lowest BCUT2D eigenvalue weighted by molar-refractivity contribution is -0.132. The molecule has 0 spiro atoms. The zero-order valence-corrected chi connectivity index (χ0v) is 9.26. The minimum atomic E-state index is 0.128. The molecule has 2 nitrogen and oxygen atoms in total. The van der Waals surface area contributed by atoms with Gasteiger partial charge in [-0.1, -0.05) is 27.7 Å². The average molecular weight is 183 g/mol. The van der Waals surface area contributed by atoms with E-state index in [0.29, 0.717) is 18.2 Å². The fourth-order valence-corrected chi connectivity index (χ4v) is 1.73. The molecule has 2 heteroatoms. The molecule has 1 aliphatic rings. The molecule has 0 saturated carbocycles. The van der Waals surface area contributed by atoms with Gasteiger partial charge in [-0.3, -0.25) is 4.79 Å². The van der Waals surface area contributed by atoms with Crippen molar-refractivity contribution in [2.45, 2.75) is 40.5 Å². The molecule has 0 aromatic carbocycles. The third-order valence-corrected chi connectivity index (χ3v) is 2.46. The molecule has 76 valence electrons. The van der Waals surface area contributed by atoms with Crippen LogP contribution in [0.5, 0.6) is 0 Å². The topological polar surface area (TPSA) is 20.3 Å². The summed E-state index contributed by atoms with van der Waals surface area (Å²) in [5, 5.41) is 0. The predicted molar refractivity (Wildman–Crippen MR) is 54.4 cm³/mol. The highest BCUT2D eigenvalue weighted by Gasteiger charge is 2.26. The SMILES string of the molecule is C[C@H]1CCN(C(=O)CC(C)(C)C)C1. The van der Waals surface area contributed by atoms with Crippen LogP contribution in [0.4, 0.5) is 0 Å². The number of likely N-dealkylation sites (tertiary alicyclic amines) is 1. The molecule has 1 aliphatic heterocycles. The van der Waals surface area contributed by atoms with Gasteiger partial charge in [0, 0.05) is 19.5 Å². The molecule has 0 aliphatic carbocycles. The lowest BCUT2D eigenvalue weighted by Crippen LogP contribution is -2.31. The number of carbonyl (C=O) groups excluding carboxylic acids is 1. The van der Waals surface area contributed by atoms with Gasteiger partial charge in [0.25, 0.3) is 0 Å². The third kappa shape index (κ3) is 3.37. The van der Waals surface area contributed by atoms with Gasteiger partial charge in [-0.25, -0.2) is 0 Å². The highest BCUT2D eigenvalue weighted by atomic mass is 16.2. The molecular formula is C11H21NO. The summed E-state index contributed by atoms with van der Waals surface area (Å²) in [6, 6.07) is 0. The molecule has 1 saturated heterocycles. The maximum atomic E-state index is 11.7. The van der Waals surface area contributed by atoms with Gasteiger partial charge >= 0.3 is 0 Å². The van der Waals surface area contributed by atoms with E-state index in [2.05, 4.69) is 27.7 Å². The lowest BCUT2D eigenvalue weighted by Gasteiger charge is -2.22. The Bertz CT molecular complexity index is 193. The van der Waals surface area contributed by atoms with E-state index in [-0.39, 0.29) is 5.41 Å². The lowest BCUT2D eigenvalue weighted by atomic mass is 9.92. The molecule has 13 heavy (non-hydrogen) atoms. The molecule has 1 atom stereocenters. The monoisotopic (exact) mass is 183 g/mol. The number of nitrogens with zero attached hydrogens (tertiary/aromatic N) is 1. The van der Waals surface area contributed by atoms with Gasteiger partial charge in [0.05, 0.1) is 0 Å². The van der Waals surface area contributed by atoms with Crippen molar-refractivity contribution in [1.29, 1.82) is 0 Å². The van der Waals surface area contributed by atoms with Gasteiger partial charge in [0.1, 0.15) is 0 Å². The second-order valence-corrected chi connectivity index (χ2v) is 5.47. The zero-order valence-electron chi connectivity index (χ0n) is 9.26. The fourth-order valence-electron chi connectivity index (χ4n) is 1.73. The van der Waals surface area contributed by atoms with E-state index in [1.807, 2.05) is 4.90 Å². The maximum Gasteiger partial charge on any atom is 0.223 e. The first-order valence-electron chi connectivity index (χ1n) is 5.16. The van der Waals surface area contributed by atoms with E-state index in [4.69, 9.17) is 0 Å². The number of amides is 1. The number of hydrogen-bond acceptors (Lipinski definition) is 1. The van der Waals surface area contributed by atoms with Gasteiger partial charge < -0.3 is 4.90 Å². The summed E-state index contributed by atoms with van der Waals surface area (Å²) in [4.78, 5) is 13.7. The summed E-state index contributed by atoms with van der Waals surface area (Å²) >= 11 is 0. The Hall–Kier alpha value is -0.530. The Morgan fingerprint density at radius 1 is 1.46 bits per heavy atom. The Kier molecular flexibility index (Phi) is 2.99. The molecule has 0 N–H and O–H groups in total. The van der Waals surface area contributed by atoms with Crippen molar-refractivity contribution in [3.8, 4) is 0 Å². The quantitative estimate of drug-likeness (QED) is 0.611. The van der Waals surface area contributed by atoms with Gasteiger partial charge in [0.2, 0.25) is 5.91 Å². The summed E-state index contributed by atoms with van der Waals surface area (Å²) < 4.78 is 0. The minimum absolute atomic E-state index is 0.128. The standard InChI is InChI=1S/C11H21NO/c1-9-5-6-12(8-9)10(13)7-11(2,3)4/h9H,5-8H2,1-4H3/t9-/m0/s1. The van der Waals surface area contributed by atoms with E-state index < -0.39 is 0 Å². The first kappa shape index (κ1) is 10.6. The van der Waals surface area contributed by atoms with E-state index in [9.17, 15) is 4.79 Å². The zero-order chi connectivity index (χ0) is 10.1. The Morgan fingerprint density at radius 3 is 2.46 bits per heavy atom. The second kappa shape index (κ2) is 3.69. The number of carbonyl (C=O) groups is 1. The third-order valence-electron chi connectivity index (χ3n) is 2.46. The predicted octanol–water partition coefficient (Wildman–Crippen LogP) is 2.29. The molecule has 0 radical (unpaired) electrons. The van der Waals surface area contributed by atoms with Gasteiger partial charge in [-0.15, -0.1) is 0 Å². The summed E-state index contributed by atoms with van der Waals surface area (Å²) in [5.41, 5.74) is 0.128. The summed E-state index contributed by atoms with van der Waals surface area (Å²) in [5.74, 6) is 1.03. The summed E-state index contributed by atoms with van der Waals surface area (Å²) in [6.45, 7) is 10.5. The molecule has 1 fully saturated rings. The molecule has 1 amide bonds. The van der Waals surface area contributed by atoms with Crippen LogP contribution in [-0.4, -0.2) is 23.9 Å². The smallest absolute Gasteiger partial charge is 0.223 e. The van der Waals surface area contributed by atoms with E-state index in [1.165, 1.54) is 6.42 Å². The molecule has 0 aromatic heterocycles. The van der Waals surface area contributed by atoms with E-state index >= 15 is 0 Å². The van der Waals surface area contributed by atoms with Crippen molar-refractivity contribution in [3.63, 3.8) is 0 Å². The van der Waals surface area contributed by atoms with Crippen LogP contribution in [0.1, 0.15) is 40.5 Å². The second-order valence-electron chi connectivity index (χ2n) is 5.47. The fraction of sp³-hybridized carbons (Fsp3) is 0.909. The van der Waals surface area contributed by atoms with Gasteiger partial charge in [-0.2, -0.15) is 0 Å². The van der Waals surface area contributed by atoms with Gasteiger partial charge in [-0.05, 0) is 17.8 Å². The van der Waals surface area contributed by atoms with E-state index in [0.717, 1.165) is 13.1 Å². The van der Waals surface area contributed by atoms with E-state index in [1.54, 1.807) is 0 Å².